The number of hydrogen-bond acceptors (Lipinski definition) is 1. The van der Waals surface area contributed by atoms with Crippen LogP contribution in [0.15, 0.2) is 35.0 Å². The van der Waals surface area contributed by atoms with Gasteiger partial charge >= 0.3 is 462 Å². The Balaban J connectivity index is -0.0000000113. The minimum atomic E-state index is 0. The van der Waals surface area contributed by atoms with Crippen LogP contribution in [0.25, 0.3) is 0 Å². The van der Waals surface area contributed by atoms with Gasteiger partial charge in [0.15, 0.2) is 0 Å². The van der Waals surface area contributed by atoms with E-state index >= 15 is 0 Å². The quantitative estimate of drug-likeness (QED) is 0.114. The van der Waals surface area contributed by atoms with Crippen molar-refractivity contribution in [1.29, 1.82) is 0 Å². The van der Waals surface area contributed by atoms with Crippen LogP contribution in [0.5, 0.6) is 0 Å². The van der Waals surface area contributed by atoms with Gasteiger partial charge in [-0.25, -0.2) is 0 Å². The molecule has 0 fully saturated rings. The SMILES string of the molecule is CCCCCC/C=C\CCC[CH-]c1ccco1.[H-].[H-].[H-].[H-].[H-].[H-].[H-].[H-].[K+].[K+].[K+].[K+].[K+].[K+].[K+].[K+].[K+]. The zero-order chi connectivity index (χ0) is 12.2. The van der Waals surface area contributed by atoms with Gasteiger partial charge in [-0.05, 0) is 25.0 Å². The molecule has 0 amide bonds. The minimum absolute atomic E-state index is 0. The van der Waals surface area contributed by atoms with Gasteiger partial charge in [0.2, 0.25) is 0 Å². The van der Waals surface area contributed by atoms with E-state index in [2.05, 4.69) is 25.5 Å². The summed E-state index contributed by atoms with van der Waals surface area (Å²) in [5, 5.41) is 0. The summed E-state index contributed by atoms with van der Waals surface area (Å²) in [5.41, 5.74) is 0. The molecule has 112 valence electrons. The molecule has 0 saturated carbocycles. The van der Waals surface area contributed by atoms with Crippen molar-refractivity contribution in [3.05, 3.63) is 42.7 Å². The molecule has 26 heavy (non-hydrogen) atoms. The summed E-state index contributed by atoms with van der Waals surface area (Å²) in [5.74, 6) is 0.994. The molecule has 1 heterocycles. The van der Waals surface area contributed by atoms with Crippen LogP contribution in [0.3, 0.4) is 0 Å². The molecule has 0 atom stereocenters. The Kier molecular flexibility index (Phi) is 133. The van der Waals surface area contributed by atoms with Crippen molar-refractivity contribution >= 4 is 0 Å². The molecule has 0 bridgehead atoms. The summed E-state index contributed by atoms with van der Waals surface area (Å²) in [6, 6.07) is 3.94. The van der Waals surface area contributed by atoms with E-state index in [0.29, 0.717) is 0 Å². The number of hydrogen-bond donors (Lipinski definition) is 0. The maximum Gasteiger partial charge on any atom is 1.00 e. The number of furan rings is 1. The molecule has 0 unspecified atom stereocenters. The van der Waals surface area contributed by atoms with Crippen molar-refractivity contribution in [1.82, 2.24) is 0 Å². The van der Waals surface area contributed by atoms with E-state index < -0.39 is 0 Å². The zero-order valence-corrected chi connectivity index (χ0v) is 48.1. The third-order valence-corrected chi connectivity index (χ3v) is 2.85. The Morgan fingerprint density at radius 3 is 1.81 bits per heavy atom. The largest absolute Gasteiger partial charge is 1.00 e. The van der Waals surface area contributed by atoms with Crippen molar-refractivity contribution in [2.75, 3.05) is 0 Å². The number of allylic oxidation sites excluding steroid dienone is 2. The van der Waals surface area contributed by atoms with Crippen LogP contribution in [0, 0.1) is 6.42 Å². The Labute approximate surface area is 558 Å². The maximum absolute atomic E-state index is 5.24. The monoisotopic (exact) mass is 592 g/mol. The van der Waals surface area contributed by atoms with Gasteiger partial charge < -0.3 is 15.8 Å². The van der Waals surface area contributed by atoms with Crippen LogP contribution in [0.4, 0.5) is 0 Å². The van der Waals surface area contributed by atoms with Gasteiger partial charge in [-0.2, -0.15) is 12.5 Å². The molecule has 0 N–H and O–H groups in total. The molecule has 1 nitrogen and oxygen atoms in total. The van der Waals surface area contributed by atoms with Crippen molar-refractivity contribution < 1.29 is 478 Å². The van der Waals surface area contributed by atoms with Crippen molar-refractivity contribution in [2.24, 2.45) is 0 Å². The molecule has 1 rings (SSSR count). The summed E-state index contributed by atoms with van der Waals surface area (Å²) in [6.45, 7) is 2.26. The fourth-order valence-electron chi connectivity index (χ4n) is 1.81. The van der Waals surface area contributed by atoms with Crippen LogP contribution in [0.2, 0.25) is 0 Å². The van der Waals surface area contributed by atoms with Crippen LogP contribution in [0.1, 0.15) is 75.5 Å². The molecule has 0 aromatic carbocycles. The van der Waals surface area contributed by atoms with E-state index in [1.165, 1.54) is 44.9 Å². The van der Waals surface area contributed by atoms with Gasteiger partial charge in [-0.3, -0.25) is 0 Å². The molecule has 10 heteroatoms. The second-order valence-electron chi connectivity index (χ2n) is 4.47. The molecule has 0 spiro atoms. The normalized spacial score (nSPS) is 7.27. The molecular weight excluding hydrogens is 560 g/mol. The van der Waals surface area contributed by atoms with Gasteiger partial charge in [-0.15, -0.1) is 6.07 Å². The van der Waals surface area contributed by atoms with Crippen LogP contribution < -0.4 is 462 Å². The average molecular weight is 593 g/mol. The van der Waals surface area contributed by atoms with E-state index in [0.717, 1.165) is 12.2 Å². The average Bonchev–Trinajstić information content (AvgIpc) is 2.85. The molecule has 0 aliphatic rings. The first kappa shape index (κ1) is 63.0. The summed E-state index contributed by atoms with van der Waals surface area (Å²) in [4.78, 5) is 0. The number of unbranched alkanes of at least 4 members (excludes halogenated alkanes) is 6. The molecule has 1 aromatic rings. The van der Waals surface area contributed by atoms with Crippen LogP contribution in [-0.2, 0) is 0 Å². The maximum atomic E-state index is 5.24. The predicted octanol–water partition coefficient (Wildman–Crippen LogP) is -20.5. The first-order valence-electron chi connectivity index (χ1n) is 6.95. The Morgan fingerprint density at radius 2 is 1.35 bits per heavy atom. The molecule has 1 aromatic heterocycles. The second kappa shape index (κ2) is 54.7. The van der Waals surface area contributed by atoms with E-state index in [4.69, 9.17) is 4.42 Å². The topological polar surface area (TPSA) is 13.1 Å². The zero-order valence-electron chi connectivity index (χ0n) is 28.0. The molecule has 0 radical (unpaired) electrons. The first-order chi connectivity index (χ1) is 8.43. The molecule has 0 aliphatic carbocycles. The summed E-state index contributed by atoms with van der Waals surface area (Å²) in [6.07, 6.45) is 18.7. The van der Waals surface area contributed by atoms with Crippen molar-refractivity contribution in [2.45, 2.75) is 58.3 Å². The van der Waals surface area contributed by atoms with Crippen molar-refractivity contribution in [3.8, 4) is 0 Å². The third-order valence-electron chi connectivity index (χ3n) is 2.85. The third kappa shape index (κ3) is 47.4. The van der Waals surface area contributed by atoms with E-state index in [-0.39, 0.29) is 474 Å². The van der Waals surface area contributed by atoms with Crippen molar-refractivity contribution in [3.63, 3.8) is 0 Å². The van der Waals surface area contributed by atoms with Crippen LogP contribution >= 0.6 is 0 Å². The van der Waals surface area contributed by atoms with Gasteiger partial charge in [0.25, 0.3) is 0 Å². The fourth-order valence-corrected chi connectivity index (χ4v) is 1.81. The summed E-state index contributed by atoms with van der Waals surface area (Å²) in [7, 11) is 0. The molecule has 0 saturated heterocycles. The second-order valence-corrected chi connectivity index (χ2v) is 4.47. The van der Waals surface area contributed by atoms with Gasteiger partial charge in [0, 0.05) is 0 Å². The van der Waals surface area contributed by atoms with Gasteiger partial charge in [-0.1, -0.05) is 51.2 Å². The van der Waals surface area contributed by atoms with E-state index in [9.17, 15) is 0 Å². The minimum Gasteiger partial charge on any atom is -1.00 e. The molecule has 0 aliphatic heterocycles. The van der Waals surface area contributed by atoms with E-state index in [1.54, 1.807) is 6.26 Å². The number of rotatable bonds is 10. The first-order valence-corrected chi connectivity index (χ1v) is 6.95. The molecular formula is C16H33K9O. The summed E-state index contributed by atoms with van der Waals surface area (Å²) < 4.78 is 5.24. The van der Waals surface area contributed by atoms with Gasteiger partial charge in [0.1, 0.15) is 0 Å². The van der Waals surface area contributed by atoms with Crippen LogP contribution in [-0.4, -0.2) is 0 Å². The Morgan fingerprint density at radius 1 is 0.808 bits per heavy atom. The Bertz CT molecular complexity index is 323. The van der Waals surface area contributed by atoms with E-state index in [1.807, 2.05) is 12.1 Å². The summed E-state index contributed by atoms with van der Waals surface area (Å²) >= 11 is 0. The standard InChI is InChI=1S/C16H25O.9K.8H/c1-2-3-4-5-6-7-8-9-10-11-13-16-14-12-15-17-16;;;;;;;;;;;;;;;;;/h7-8,12-15H,2-6,9-11H2,1H3;;;;;;;;;;;;;;;;;/q-1;9*+1;8*-1/b8-7-;;;;;;;;;;;;;;;;;. The smallest absolute Gasteiger partial charge is 1.00 e. The Hall–Kier alpha value is 13.6. The fraction of sp³-hybridized carbons (Fsp3) is 0.562. The van der Waals surface area contributed by atoms with Gasteiger partial charge in [0.05, 0.1) is 6.26 Å². The predicted molar refractivity (Wildman–Crippen MR) is 82.8 cm³/mol.